The Morgan fingerprint density at radius 1 is 1.37 bits per heavy atom. The third kappa shape index (κ3) is 3.32. The van der Waals surface area contributed by atoms with E-state index >= 15 is 0 Å². The van der Waals surface area contributed by atoms with Crippen LogP contribution in [0.25, 0.3) is 0 Å². The van der Waals surface area contributed by atoms with Crippen molar-refractivity contribution in [2.24, 2.45) is 5.92 Å². The monoisotopic (exact) mass is 324 g/mol. The Kier molecular flexibility index (Phi) is 4.91. The lowest BCUT2D eigenvalue weighted by atomic mass is 9.93. The van der Waals surface area contributed by atoms with E-state index in [-0.39, 0.29) is 0 Å². The summed E-state index contributed by atoms with van der Waals surface area (Å²) in [5.74, 6) is 0.696. The van der Waals surface area contributed by atoms with Crippen LogP contribution in [0.2, 0.25) is 0 Å². The van der Waals surface area contributed by atoms with Crippen LogP contribution in [0.5, 0.6) is 0 Å². The van der Waals surface area contributed by atoms with E-state index in [0.29, 0.717) is 12.0 Å². The number of nitrogens with one attached hydrogen (secondary N) is 1. The molecule has 0 radical (unpaired) electrons. The van der Waals surface area contributed by atoms with Gasteiger partial charge in [0.1, 0.15) is 0 Å². The van der Waals surface area contributed by atoms with Crippen molar-refractivity contribution in [3.8, 4) is 0 Å². The number of hydrogen-bond acceptors (Lipinski definition) is 2. The van der Waals surface area contributed by atoms with Gasteiger partial charge < -0.3 is 10.2 Å². The van der Waals surface area contributed by atoms with Gasteiger partial charge in [0.15, 0.2) is 0 Å². The third-order valence-corrected chi connectivity index (χ3v) is 4.69. The topological polar surface area (TPSA) is 15.3 Å². The number of aryl methyl sites for hydroxylation is 2. The van der Waals surface area contributed by atoms with Crippen LogP contribution in [0.3, 0.4) is 0 Å². The molecule has 2 nitrogen and oxygen atoms in total. The fraction of sp³-hybridized carbons (Fsp3) is 0.625. The van der Waals surface area contributed by atoms with Crippen LogP contribution in [-0.4, -0.2) is 25.7 Å². The Hall–Kier alpha value is -0.540. The van der Waals surface area contributed by atoms with Gasteiger partial charge in [-0.05, 0) is 65.9 Å². The predicted octanol–water partition coefficient (Wildman–Crippen LogP) is 3.89. The lowest BCUT2D eigenvalue weighted by Gasteiger charge is -2.39. The molecule has 0 aliphatic carbocycles. The molecule has 1 heterocycles. The van der Waals surface area contributed by atoms with Gasteiger partial charge in [0.05, 0.1) is 5.69 Å². The number of hydrogen-bond donors (Lipinski definition) is 1. The molecular weight excluding hydrogens is 300 g/mol. The fourth-order valence-corrected chi connectivity index (χ4v) is 4.15. The average molecular weight is 325 g/mol. The quantitative estimate of drug-likeness (QED) is 0.907. The van der Waals surface area contributed by atoms with Gasteiger partial charge in [0.25, 0.3) is 0 Å². The molecule has 1 aliphatic heterocycles. The van der Waals surface area contributed by atoms with Crippen LogP contribution in [0.1, 0.15) is 31.4 Å². The molecule has 0 saturated carbocycles. The van der Waals surface area contributed by atoms with Gasteiger partial charge in [-0.25, -0.2) is 0 Å². The summed E-state index contributed by atoms with van der Waals surface area (Å²) in [6.07, 6.45) is 1.23. The van der Waals surface area contributed by atoms with E-state index in [1.807, 2.05) is 0 Å². The highest BCUT2D eigenvalue weighted by atomic mass is 79.9. The molecule has 106 valence electrons. The maximum absolute atomic E-state index is 3.74. The second kappa shape index (κ2) is 6.27. The van der Waals surface area contributed by atoms with Gasteiger partial charge in [0.2, 0.25) is 0 Å². The Bertz CT molecular complexity index is 421. The third-order valence-electron chi connectivity index (χ3n) is 4.09. The molecule has 0 spiro atoms. The van der Waals surface area contributed by atoms with Crippen LogP contribution < -0.4 is 10.2 Å². The van der Waals surface area contributed by atoms with Crippen molar-refractivity contribution in [3.63, 3.8) is 0 Å². The maximum Gasteiger partial charge on any atom is 0.0540 e. The minimum Gasteiger partial charge on any atom is -0.370 e. The zero-order chi connectivity index (χ0) is 14.0. The van der Waals surface area contributed by atoms with Crippen molar-refractivity contribution >= 4 is 21.6 Å². The first-order valence-electron chi connectivity index (χ1n) is 7.28. The van der Waals surface area contributed by atoms with E-state index in [1.165, 1.54) is 27.7 Å². The smallest absolute Gasteiger partial charge is 0.0540 e. The van der Waals surface area contributed by atoms with Crippen LogP contribution in [0, 0.1) is 19.8 Å². The molecule has 2 unspecified atom stereocenters. The van der Waals surface area contributed by atoms with Crippen LogP contribution in [0.15, 0.2) is 16.6 Å². The summed E-state index contributed by atoms with van der Waals surface area (Å²) in [4.78, 5) is 2.54. The molecule has 2 rings (SSSR count). The van der Waals surface area contributed by atoms with Gasteiger partial charge in [0, 0.05) is 23.6 Å². The highest BCUT2D eigenvalue weighted by molar-refractivity contribution is 9.10. The molecule has 3 heteroatoms. The number of nitrogens with zero attached hydrogens (tertiary/aromatic N) is 1. The number of halogens is 1. The summed E-state index contributed by atoms with van der Waals surface area (Å²) in [5, 5.41) is 3.61. The standard InChI is InChI=1S/C16H25BrN2/c1-5-18-15-6-7-19(10-13(15)4)16-12(3)8-11(2)9-14(16)17/h8-9,13,15,18H,5-7,10H2,1-4H3. The highest BCUT2D eigenvalue weighted by Crippen LogP contribution is 2.34. The summed E-state index contributed by atoms with van der Waals surface area (Å²) >= 11 is 3.74. The fourth-order valence-electron chi connectivity index (χ4n) is 3.22. The second-order valence-corrected chi connectivity index (χ2v) is 6.64. The highest BCUT2D eigenvalue weighted by Gasteiger charge is 2.27. The van der Waals surface area contributed by atoms with E-state index in [4.69, 9.17) is 0 Å². The Balaban J connectivity index is 2.17. The SMILES string of the molecule is CCNC1CCN(c2c(C)cc(C)cc2Br)CC1C. The van der Waals surface area contributed by atoms with E-state index in [2.05, 4.69) is 66.0 Å². The molecule has 0 aromatic heterocycles. The van der Waals surface area contributed by atoms with Crippen LogP contribution in [0.4, 0.5) is 5.69 Å². The minimum absolute atomic E-state index is 0.672. The number of piperidine rings is 1. The van der Waals surface area contributed by atoms with E-state index < -0.39 is 0 Å². The summed E-state index contributed by atoms with van der Waals surface area (Å²) in [6, 6.07) is 5.18. The van der Waals surface area contributed by atoms with Crippen molar-refractivity contribution < 1.29 is 0 Å². The minimum atomic E-state index is 0.672. The first-order valence-corrected chi connectivity index (χ1v) is 8.07. The summed E-state index contributed by atoms with van der Waals surface area (Å²) in [7, 11) is 0. The molecule has 1 aromatic rings. The summed E-state index contributed by atoms with van der Waals surface area (Å²) in [6.45, 7) is 12.3. The largest absolute Gasteiger partial charge is 0.370 e. The number of anilines is 1. The molecule has 19 heavy (non-hydrogen) atoms. The van der Waals surface area contributed by atoms with Crippen molar-refractivity contribution in [3.05, 3.63) is 27.7 Å². The summed E-state index contributed by atoms with van der Waals surface area (Å²) < 4.78 is 1.24. The second-order valence-electron chi connectivity index (χ2n) is 5.79. The number of rotatable bonds is 3. The molecule has 1 aliphatic rings. The maximum atomic E-state index is 3.74. The zero-order valence-corrected chi connectivity index (χ0v) is 14.0. The number of benzene rings is 1. The van der Waals surface area contributed by atoms with Crippen molar-refractivity contribution in [1.29, 1.82) is 0 Å². The molecule has 1 aromatic carbocycles. The lowest BCUT2D eigenvalue weighted by molar-refractivity contribution is 0.326. The van der Waals surface area contributed by atoms with Gasteiger partial charge in [-0.15, -0.1) is 0 Å². The van der Waals surface area contributed by atoms with Gasteiger partial charge in [-0.1, -0.05) is 19.9 Å². The normalized spacial score (nSPS) is 23.7. The average Bonchev–Trinajstić information content (AvgIpc) is 2.31. The van der Waals surface area contributed by atoms with E-state index in [0.717, 1.165) is 19.6 Å². The zero-order valence-electron chi connectivity index (χ0n) is 12.5. The van der Waals surface area contributed by atoms with Crippen molar-refractivity contribution in [2.45, 2.75) is 40.2 Å². The van der Waals surface area contributed by atoms with Gasteiger partial charge >= 0.3 is 0 Å². The first-order chi connectivity index (χ1) is 9.02. The molecule has 0 amide bonds. The molecular formula is C16H25BrN2. The van der Waals surface area contributed by atoms with Gasteiger partial charge in [-0.3, -0.25) is 0 Å². The van der Waals surface area contributed by atoms with Crippen LogP contribution >= 0.6 is 15.9 Å². The predicted molar refractivity (Wildman–Crippen MR) is 87.1 cm³/mol. The molecule has 2 atom stereocenters. The Morgan fingerprint density at radius 3 is 2.68 bits per heavy atom. The molecule has 0 bridgehead atoms. The van der Waals surface area contributed by atoms with Gasteiger partial charge in [-0.2, -0.15) is 0 Å². The molecule has 1 saturated heterocycles. The first kappa shape index (κ1) is 14.9. The lowest BCUT2D eigenvalue weighted by Crippen LogP contribution is -2.48. The van der Waals surface area contributed by atoms with Crippen LogP contribution in [-0.2, 0) is 0 Å². The Morgan fingerprint density at radius 2 is 2.11 bits per heavy atom. The molecule has 1 fully saturated rings. The summed E-state index contributed by atoms with van der Waals surface area (Å²) in [5.41, 5.74) is 4.08. The van der Waals surface area contributed by atoms with Crippen molar-refractivity contribution in [1.82, 2.24) is 5.32 Å². The van der Waals surface area contributed by atoms with E-state index in [1.54, 1.807) is 0 Å². The Labute approximate surface area is 125 Å². The van der Waals surface area contributed by atoms with Crippen molar-refractivity contribution in [2.75, 3.05) is 24.5 Å². The van der Waals surface area contributed by atoms with E-state index in [9.17, 15) is 0 Å². The molecule has 1 N–H and O–H groups in total.